The first kappa shape index (κ1) is 17.2. The summed E-state index contributed by atoms with van der Waals surface area (Å²) in [4.78, 5) is -1.15. The molecule has 0 spiro atoms. The molecule has 2 unspecified atom stereocenters. The van der Waals surface area contributed by atoms with Gasteiger partial charge < -0.3 is 10.5 Å². The van der Waals surface area contributed by atoms with E-state index in [1.54, 1.807) is 0 Å². The first-order valence-electron chi connectivity index (χ1n) is 6.70. The maximum Gasteiger partial charge on any atom is 0.249 e. The van der Waals surface area contributed by atoms with Crippen LogP contribution in [0.25, 0.3) is 0 Å². The lowest BCUT2D eigenvalue weighted by molar-refractivity contribution is 0.0400. The molecule has 1 aliphatic rings. The Morgan fingerprint density at radius 3 is 2.41 bits per heavy atom. The number of hydrogen-bond acceptors (Lipinski definition) is 4. The summed E-state index contributed by atoms with van der Waals surface area (Å²) in [5, 5.41) is 0. The Morgan fingerprint density at radius 1 is 1.32 bits per heavy atom. The Bertz CT molecular complexity index is 631. The predicted octanol–water partition coefficient (Wildman–Crippen LogP) is 1.23. The van der Waals surface area contributed by atoms with E-state index in [4.69, 9.17) is 10.5 Å². The topological polar surface area (TPSA) is 72.6 Å². The van der Waals surface area contributed by atoms with E-state index in [1.807, 2.05) is 0 Å². The molecular formula is C13H17F3N2O3S. The zero-order valence-corrected chi connectivity index (χ0v) is 12.7. The lowest BCUT2D eigenvalue weighted by atomic mass is 10.0. The van der Waals surface area contributed by atoms with Gasteiger partial charge in [-0.25, -0.2) is 21.6 Å². The third-order valence-corrected chi connectivity index (χ3v) is 5.75. The van der Waals surface area contributed by atoms with Crippen molar-refractivity contribution in [1.29, 1.82) is 0 Å². The van der Waals surface area contributed by atoms with E-state index >= 15 is 0 Å². The van der Waals surface area contributed by atoms with Crippen molar-refractivity contribution >= 4 is 10.0 Å². The molecule has 1 heterocycles. The highest BCUT2D eigenvalue weighted by Gasteiger charge is 2.39. The minimum atomic E-state index is -4.45. The molecule has 1 fully saturated rings. The van der Waals surface area contributed by atoms with Crippen molar-refractivity contribution in [2.75, 3.05) is 20.2 Å². The highest BCUT2D eigenvalue weighted by Crippen LogP contribution is 2.29. The average Bonchev–Trinajstić information content (AvgIpc) is 2.44. The maximum absolute atomic E-state index is 13.8. The number of hydrogen-bond donors (Lipinski definition) is 1. The predicted molar refractivity (Wildman–Crippen MR) is 73.1 cm³/mol. The molecule has 9 heteroatoms. The summed E-state index contributed by atoms with van der Waals surface area (Å²) in [6.45, 7) is 0.0164. The van der Waals surface area contributed by atoms with Gasteiger partial charge in [-0.1, -0.05) is 0 Å². The number of sulfonamides is 1. The second kappa shape index (κ2) is 6.53. The highest BCUT2D eigenvalue weighted by atomic mass is 32.2. The van der Waals surface area contributed by atoms with E-state index in [-0.39, 0.29) is 19.2 Å². The summed E-state index contributed by atoms with van der Waals surface area (Å²) >= 11 is 0. The van der Waals surface area contributed by atoms with Gasteiger partial charge in [-0.3, -0.25) is 0 Å². The van der Waals surface area contributed by atoms with Crippen LogP contribution < -0.4 is 5.73 Å². The fourth-order valence-electron chi connectivity index (χ4n) is 2.63. The van der Waals surface area contributed by atoms with E-state index in [0.717, 1.165) is 4.31 Å². The fraction of sp³-hybridized carbons (Fsp3) is 0.538. The van der Waals surface area contributed by atoms with Crippen LogP contribution in [-0.4, -0.2) is 45.1 Å². The third-order valence-electron chi connectivity index (χ3n) is 3.75. The van der Waals surface area contributed by atoms with Crippen LogP contribution in [0.5, 0.6) is 0 Å². The van der Waals surface area contributed by atoms with Crippen molar-refractivity contribution < 1.29 is 26.3 Å². The Balaban J connectivity index is 2.42. The number of rotatable bonds is 4. The van der Waals surface area contributed by atoms with Crippen LogP contribution in [0.2, 0.25) is 0 Å². The number of ether oxygens (including phenoxy) is 1. The van der Waals surface area contributed by atoms with E-state index in [9.17, 15) is 21.6 Å². The molecule has 0 bridgehead atoms. The molecule has 2 atom stereocenters. The van der Waals surface area contributed by atoms with Crippen LogP contribution in [0.15, 0.2) is 17.0 Å². The fourth-order valence-corrected chi connectivity index (χ4v) is 4.39. The van der Waals surface area contributed by atoms with Gasteiger partial charge in [-0.15, -0.1) is 0 Å². The van der Waals surface area contributed by atoms with Gasteiger partial charge in [0.1, 0.15) is 17.5 Å². The van der Waals surface area contributed by atoms with Gasteiger partial charge in [0, 0.05) is 38.4 Å². The minimum Gasteiger partial charge on any atom is -0.381 e. The summed E-state index contributed by atoms with van der Waals surface area (Å²) < 4.78 is 71.7. The molecule has 22 heavy (non-hydrogen) atoms. The molecule has 124 valence electrons. The van der Waals surface area contributed by atoms with E-state index in [2.05, 4.69) is 0 Å². The van der Waals surface area contributed by atoms with Crippen LogP contribution in [0.3, 0.4) is 0 Å². The van der Waals surface area contributed by atoms with Crippen molar-refractivity contribution in [3.63, 3.8) is 0 Å². The third kappa shape index (κ3) is 3.12. The van der Waals surface area contributed by atoms with Crippen molar-refractivity contribution in [2.24, 2.45) is 5.73 Å². The number of nitrogens with zero attached hydrogens (tertiary/aromatic N) is 1. The van der Waals surface area contributed by atoms with Crippen LogP contribution >= 0.6 is 0 Å². The van der Waals surface area contributed by atoms with Crippen molar-refractivity contribution in [3.8, 4) is 0 Å². The lowest BCUT2D eigenvalue weighted by Gasteiger charge is -2.37. The zero-order valence-electron chi connectivity index (χ0n) is 11.9. The summed E-state index contributed by atoms with van der Waals surface area (Å²) in [5.41, 5.74) is 5.58. The Labute approximate surface area is 126 Å². The molecule has 2 N–H and O–H groups in total. The van der Waals surface area contributed by atoms with Gasteiger partial charge in [0.25, 0.3) is 0 Å². The number of halogens is 3. The summed E-state index contributed by atoms with van der Waals surface area (Å²) in [6.07, 6.45) is 0.552. The molecule has 0 aromatic heterocycles. The Hall–Kier alpha value is -1.16. The molecule has 0 saturated carbocycles. The molecular weight excluding hydrogens is 321 g/mol. The monoisotopic (exact) mass is 338 g/mol. The molecule has 0 amide bonds. The number of benzene rings is 1. The van der Waals surface area contributed by atoms with Crippen molar-refractivity contribution in [3.05, 3.63) is 29.6 Å². The van der Waals surface area contributed by atoms with Gasteiger partial charge in [0.15, 0.2) is 4.90 Å². The summed E-state index contributed by atoms with van der Waals surface area (Å²) in [6, 6.07) is 0.0533. The SMILES string of the molecule is COC1CCN(S(=O)(=O)c2c(F)cc(F)cc2F)C(CN)C1. The summed E-state index contributed by atoms with van der Waals surface area (Å²) in [7, 11) is -2.95. The van der Waals surface area contributed by atoms with Crippen molar-refractivity contribution in [2.45, 2.75) is 29.9 Å². The van der Waals surface area contributed by atoms with Crippen molar-refractivity contribution in [1.82, 2.24) is 4.31 Å². The molecule has 5 nitrogen and oxygen atoms in total. The Morgan fingerprint density at radius 2 is 1.91 bits per heavy atom. The van der Waals surface area contributed by atoms with E-state index < -0.39 is 38.4 Å². The minimum absolute atomic E-state index is 0.0104. The Kier molecular flexibility index (Phi) is 5.10. The largest absolute Gasteiger partial charge is 0.381 e. The number of nitrogens with two attached hydrogens (primary N) is 1. The van der Waals surface area contributed by atoms with E-state index in [1.165, 1.54) is 7.11 Å². The molecule has 1 saturated heterocycles. The normalized spacial score (nSPS) is 23.7. The summed E-state index contributed by atoms with van der Waals surface area (Å²) in [5.74, 6) is -4.09. The maximum atomic E-state index is 13.8. The first-order valence-corrected chi connectivity index (χ1v) is 8.14. The molecule has 0 aliphatic carbocycles. The van der Waals surface area contributed by atoms with Crippen LogP contribution in [0.1, 0.15) is 12.8 Å². The average molecular weight is 338 g/mol. The smallest absolute Gasteiger partial charge is 0.249 e. The second-order valence-electron chi connectivity index (χ2n) is 5.09. The standard InChI is InChI=1S/C13H17F3N2O3S/c1-21-10-2-3-18(9(6-10)7-17)22(19,20)13-11(15)4-8(14)5-12(13)16/h4-5,9-10H,2-3,6-7,17H2,1H3. The molecule has 1 aromatic carbocycles. The molecule has 1 aliphatic heterocycles. The highest BCUT2D eigenvalue weighted by molar-refractivity contribution is 7.89. The molecule has 1 aromatic rings. The van der Waals surface area contributed by atoms with Gasteiger partial charge in [-0.05, 0) is 12.8 Å². The van der Waals surface area contributed by atoms with Crippen LogP contribution in [0.4, 0.5) is 13.2 Å². The lowest BCUT2D eigenvalue weighted by Crippen LogP contribution is -2.51. The van der Waals surface area contributed by atoms with E-state index in [0.29, 0.717) is 25.0 Å². The number of methoxy groups -OCH3 is 1. The van der Waals surface area contributed by atoms with Gasteiger partial charge in [0.2, 0.25) is 10.0 Å². The second-order valence-corrected chi connectivity index (χ2v) is 6.91. The van der Waals surface area contributed by atoms with Gasteiger partial charge >= 0.3 is 0 Å². The van der Waals surface area contributed by atoms with Crippen LogP contribution in [-0.2, 0) is 14.8 Å². The zero-order chi connectivity index (χ0) is 16.5. The molecule has 2 rings (SSSR count). The van der Waals surface area contributed by atoms with Gasteiger partial charge in [-0.2, -0.15) is 4.31 Å². The molecule has 0 radical (unpaired) electrons. The van der Waals surface area contributed by atoms with Crippen LogP contribution in [0, 0.1) is 17.5 Å². The number of piperidine rings is 1. The van der Waals surface area contributed by atoms with Gasteiger partial charge in [0.05, 0.1) is 6.10 Å². The quantitative estimate of drug-likeness (QED) is 0.896. The first-order chi connectivity index (χ1) is 10.3.